The number of morpholine rings is 1. The van der Waals surface area contributed by atoms with Gasteiger partial charge in [0.2, 0.25) is 0 Å². The van der Waals surface area contributed by atoms with Gasteiger partial charge in [0.05, 0.1) is 19.8 Å². The van der Waals surface area contributed by atoms with Crippen molar-refractivity contribution in [1.29, 1.82) is 0 Å². The molecule has 0 N–H and O–H groups in total. The lowest BCUT2D eigenvalue weighted by Gasteiger charge is -2.26. The average Bonchev–Trinajstić information content (AvgIpc) is 3.14. The summed E-state index contributed by atoms with van der Waals surface area (Å²) >= 11 is 0. The number of amides is 1. The van der Waals surface area contributed by atoms with Crippen molar-refractivity contribution in [3.05, 3.63) is 35.7 Å². The van der Waals surface area contributed by atoms with Crippen LogP contribution in [0.3, 0.4) is 0 Å². The fraction of sp³-hybridized carbons (Fsp3) is 0.550. The molecule has 7 heteroatoms. The van der Waals surface area contributed by atoms with Crippen LogP contribution < -0.4 is 0 Å². The van der Waals surface area contributed by atoms with Crippen LogP contribution in [0.2, 0.25) is 0 Å². The summed E-state index contributed by atoms with van der Waals surface area (Å²) in [7, 11) is 1.68. The number of methoxy groups -OCH3 is 1. The fourth-order valence-electron chi connectivity index (χ4n) is 3.08. The highest BCUT2D eigenvalue weighted by Crippen LogP contribution is 2.20. The molecule has 0 bridgehead atoms. The summed E-state index contributed by atoms with van der Waals surface area (Å²) in [6.07, 6.45) is 2.84. The number of carbonyl (C=O) groups is 1. The van der Waals surface area contributed by atoms with Crippen LogP contribution in [0.1, 0.15) is 35.9 Å². The molecule has 0 aliphatic carbocycles. The van der Waals surface area contributed by atoms with Gasteiger partial charge < -0.3 is 14.4 Å². The van der Waals surface area contributed by atoms with Crippen LogP contribution >= 0.6 is 0 Å². The number of nitrogens with zero attached hydrogens (tertiary/aromatic N) is 4. The van der Waals surface area contributed by atoms with Crippen molar-refractivity contribution in [2.24, 2.45) is 0 Å². The Morgan fingerprint density at radius 2 is 1.96 bits per heavy atom. The van der Waals surface area contributed by atoms with E-state index in [0.717, 1.165) is 36.6 Å². The van der Waals surface area contributed by atoms with Gasteiger partial charge in [0.1, 0.15) is 0 Å². The molecule has 1 saturated heterocycles. The van der Waals surface area contributed by atoms with Gasteiger partial charge in [-0.2, -0.15) is 5.10 Å². The first-order chi connectivity index (χ1) is 13.2. The Morgan fingerprint density at radius 1 is 1.22 bits per heavy atom. The molecule has 0 spiro atoms. The zero-order valence-electron chi connectivity index (χ0n) is 16.2. The number of rotatable bonds is 8. The number of unbranched alkanes of at least 4 members (excludes halogenated alkanes) is 1. The van der Waals surface area contributed by atoms with Crippen LogP contribution in [0, 0.1) is 0 Å². The Bertz CT molecular complexity index is 736. The molecular weight excluding hydrogens is 344 g/mol. The predicted molar refractivity (Wildman–Crippen MR) is 103 cm³/mol. The Labute approximate surface area is 160 Å². The number of benzene rings is 1. The van der Waals surface area contributed by atoms with Crippen molar-refractivity contribution < 1.29 is 14.3 Å². The third-order valence-corrected chi connectivity index (χ3v) is 4.66. The molecule has 2 heterocycles. The van der Waals surface area contributed by atoms with Crippen molar-refractivity contribution in [2.75, 3.05) is 40.0 Å². The fourth-order valence-corrected chi connectivity index (χ4v) is 3.08. The van der Waals surface area contributed by atoms with Crippen LogP contribution in [-0.2, 0) is 22.4 Å². The number of hydrogen-bond donors (Lipinski definition) is 0. The number of carbonyl (C=O) groups excluding carboxylic acids is 1. The zero-order chi connectivity index (χ0) is 19.1. The van der Waals surface area contributed by atoms with E-state index in [2.05, 4.69) is 12.0 Å². The van der Waals surface area contributed by atoms with Crippen molar-refractivity contribution in [1.82, 2.24) is 19.7 Å². The van der Waals surface area contributed by atoms with E-state index in [4.69, 9.17) is 14.5 Å². The molecule has 0 radical (unpaired) electrons. The van der Waals surface area contributed by atoms with Gasteiger partial charge in [0.15, 0.2) is 11.6 Å². The lowest BCUT2D eigenvalue weighted by Crippen LogP contribution is -2.40. The third kappa shape index (κ3) is 4.93. The number of hydrogen-bond acceptors (Lipinski definition) is 5. The highest BCUT2D eigenvalue weighted by Gasteiger charge is 2.19. The molecule has 7 nitrogen and oxygen atoms in total. The second kappa shape index (κ2) is 9.62. The Morgan fingerprint density at radius 3 is 2.63 bits per heavy atom. The molecule has 146 valence electrons. The van der Waals surface area contributed by atoms with E-state index in [-0.39, 0.29) is 5.91 Å². The molecule has 1 aliphatic heterocycles. The molecule has 0 atom stereocenters. The van der Waals surface area contributed by atoms with E-state index < -0.39 is 0 Å². The van der Waals surface area contributed by atoms with Gasteiger partial charge in [0.25, 0.3) is 5.91 Å². The molecule has 27 heavy (non-hydrogen) atoms. The third-order valence-electron chi connectivity index (χ3n) is 4.66. The van der Waals surface area contributed by atoms with E-state index in [1.54, 1.807) is 7.11 Å². The largest absolute Gasteiger partial charge is 0.384 e. The summed E-state index contributed by atoms with van der Waals surface area (Å²) in [5.74, 6) is 1.69. The lowest BCUT2D eigenvalue weighted by atomic mass is 10.1. The van der Waals surface area contributed by atoms with Gasteiger partial charge in [-0.25, -0.2) is 9.67 Å². The Balaban J connectivity index is 1.78. The molecule has 0 saturated carbocycles. The molecule has 1 fully saturated rings. The van der Waals surface area contributed by atoms with Crippen LogP contribution in [0.15, 0.2) is 24.3 Å². The van der Waals surface area contributed by atoms with E-state index in [1.165, 1.54) is 0 Å². The van der Waals surface area contributed by atoms with Gasteiger partial charge in [-0.3, -0.25) is 4.79 Å². The minimum absolute atomic E-state index is 0.0538. The Hall–Kier alpha value is -2.25. The van der Waals surface area contributed by atoms with Crippen molar-refractivity contribution in [3.63, 3.8) is 0 Å². The second-order valence-corrected chi connectivity index (χ2v) is 6.65. The van der Waals surface area contributed by atoms with Gasteiger partial charge in [0, 0.05) is 44.3 Å². The maximum absolute atomic E-state index is 12.6. The number of ether oxygens (including phenoxy) is 2. The second-order valence-electron chi connectivity index (χ2n) is 6.65. The molecule has 2 aromatic rings. The monoisotopic (exact) mass is 372 g/mol. The van der Waals surface area contributed by atoms with Crippen molar-refractivity contribution >= 4 is 5.91 Å². The summed E-state index contributed by atoms with van der Waals surface area (Å²) < 4.78 is 12.4. The number of aryl methyl sites for hydroxylation is 1. The summed E-state index contributed by atoms with van der Waals surface area (Å²) in [4.78, 5) is 19.1. The van der Waals surface area contributed by atoms with Crippen LogP contribution in [0.5, 0.6) is 0 Å². The first-order valence-corrected chi connectivity index (χ1v) is 9.63. The van der Waals surface area contributed by atoms with Crippen molar-refractivity contribution in [2.45, 2.75) is 32.7 Å². The topological polar surface area (TPSA) is 69.5 Å². The van der Waals surface area contributed by atoms with Crippen molar-refractivity contribution in [3.8, 4) is 11.4 Å². The van der Waals surface area contributed by atoms with E-state index >= 15 is 0 Å². The van der Waals surface area contributed by atoms with Crippen LogP contribution in [0.4, 0.5) is 0 Å². The van der Waals surface area contributed by atoms with Gasteiger partial charge in [-0.15, -0.1) is 0 Å². The zero-order valence-corrected chi connectivity index (χ0v) is 16.2. The molecule has 1 amide bonds. The molecule has 1 aromatic carbocycles. The predicted octanol–water partition coefficient (Wildman–Crippen LogP) is 2.41. The first kappa shape index (κ1) is 19.5. The van der Waals surface area contributed by atoms with E-state index in [0.29, 0.717) is 44.9 Å². The normalized spacial score (nSPS) is 14.5. The maximum Gasteiger partial charge on any atom is 0.254 e. The first-order valence-electron chi connectivity index (χ1n) is 9.63. The van der Waals surface area contributed by atoms with Gasteiger partial charge in [-0.05, 0) is 18.6 Å². The standard InChI is InChI=1S/C20H28N4O3/c1-3-4-10-24-19(21-18(22-24)9-13-26-2)16-5-7-17(8-6-16)20(25)23-11-14-27-15-12-23/h5-8H,3-4,9-15H2,1-2H3. The molecule has 1 aliphatic rings. The minimum atomic E-state index is 0.0538. The quantitative estimate of drug-likeness (QED) is 0.712. The number of aromatic nitrogens is 3. The summed E-state index contributed by atoms with van der Waals surface area (Å²) in [6.45, 7) is 6.10. The summed E-state index contributed by atoms with van der Waals surface area (Å²) in [6, 6.07) is 7.67. The highest BCUT2D eigenvalue weighted by molar-refractivity contribution is 5.94. The van der Waals surface area contributed by atoms with Gasteiger partial charge in [-0.1, -0.05) is 25.5 Å². The molecule has 3 rings (SSSR count). The minimum Gasteiger partial charge on any atom is -0.384 e. The van der Waals surface area contributed by atoms with Gasteiger partial charge >= 0.3 is 0 Å². The lowest BCUT2D eigenvalue weighted by molar-refractivity contribution is 0.0303. The van der Waals surface area contributed by atoms with Crippen LogP contribution in [0.25, 0.3) is 11.4 Å². The van der Waals surface area contributed by atoms with E-state index in [9.17, 15) is 4.79 Å². The summed E-state index contributed by atoms with van der Waals surface area (Å²) in [5, 5.41) is 4.63. The Kier molecular flexibility index (Phi) is 6.95. The maximum atomic E-state index is 12.6. The SMILES string of the molecule is CCCCn1nc(CCOC)nc1-c1ccc(C(=O)N2CCOCC2)cc1. The molecular formula is C20H28N4O3. The highest BCUT2D eigenvalue weighted by atomic mass is 16.5. The average molecular weight is 372 g/mol. The molecule has 0 unspecified atom stereocenters. The van der Waals surface area contributed by atoms with Crippen LogP contribution in [-0.4, -0.2) is 65.6 Å². The molecule has 1 aromatic heterocycles. The smallest absolute Gasteiger partial charge is 0.254 e. The van der Waals surface area contributed by atoms with E-state index in [1.807, 2.05) is 33.8 Å². The summed E-state index contributed by atoms with van der Waals surface area (Å²) in [5.41, 5.74) is 1.67.